The van der Waals surface area contributed by atoms with Gasteiger partial charge in [0.1, 0.15) is 11.6 Å². The summed E-state index contributed by atoms with van der Waals surface area (Å²) in [5, 5.41) is 3.39. The van der Waals surface area contributed by atoms with Crippen LogP contribution in [0, 0.1) is 0 Å². The zero-order valence-corrected chi connectivity index (χ0v) is 21.0. The summed E-state index contributed by atoms with van der Waals surface area (Å²) in [4.78, 5) is 8.74. The third-order valence-electron chi connectivity index (χ3n) is 4.61. The van der Waals surface area contributed by atoms with Gasteiger partial charge in [-0.15, -0.1) is 0 Å². The molecule has 0 atom stereocenters. The van der Waals surface area contributed by atoms with Crippen LogP contribution in [0.15, 0.2) is 58.8 Å². The van der Waals surface area contributed by atoms with Crippen molar-refractivity contribution in [3.8, 4) is 5.88 Å². The fourth-order valence-electron chi connectivity index (χ4n) is 3.17. The van der Waals surface area contributed by atoms with E-state index in [4.69, 9.17) is 9.47 Å². The van der Waals surface area contributed by atoms with Crippen molar-refractivity contribution in [3.63, 3.8) is 0 Å². The van der Waals surface area contributed by atoms with Crippen LogP contribution in [0.1, 0.15) is 60.8 Å². The Labute approximate surface area is 194 Å². The van der Waals surface area contributed by atoms with Gasteiger partial charge in [-0.25, -0.2) is 5.43 Å². The van der Waals surface area contributed by atoms with Crippen LogP contribution in [-0.2, 0) is 4.74 Å². The largest absolute Gasteiger partial charge is 0.497 e. The van der Waals surface area contributed by atoms with Crippen molar-refractivity contribution in [2.75, 3.05) is 26.0 Å². The van der Waals surface area contributed by atoms with Crippen molar-refractivity contribution in [2.45, 2.75) is 66.9 Å². The number of allylic oxidation sites excluding steroid dienone is 5. The predicted molar refractivity (Wildman–Crippen MR) is 133 cm³/mol. The molecule has 0 amide bonds. The van der Waals surface area contributed by atoms with Gasteiger partial charge >= 0.3 is 0 Å². The number of hydrogen-bond donors (Lipinski definition) is 3. The Morgan fingerprint density at radius 1 is 1.12 bits per heavy atom. The fourth-order valence-corrected chi connectivity index (χ4v) is 3.17. The molecular formula is C25H41N5O2. The first-order valence-electron chi connectivity index (χ1n) is 11.3. The van der Waals surface area contributed by atoms with Crippen molar-refractivity contribution < 1.29 is 9.47 Å². The zero-order chi connectivity index (χ0) is 23.9. The number of aromatic nitrogens is 2. The fraction of sp³-hybridized carbons (Fsp3) is 0.520. The second-order valence-corrected chi connectivity index (χ2v) is 7.75. The van der Waals surface area contributed by atoms with E-state index in [0.29, 0.717) is 18.2 Å². The molecule has 1 rings (SSSR count). The van der Waals surface area contributed by atoms with Crippen molar-refractivity contribution in [2.24, 2.45) is 0 Å². The monoisotopic (exact) mass is 443 g/mol. The van der Waals surface area contributed by atoms with Crippen LogP contribution in [0.2, 0.25) is 0 Å². The first-order chi connectivity index (χ1) is 15.4. The minimum absolute atomic E-state index is 0.0511. The zero-order valence-electron chi connectivity index (χ0n) is 21.0. The Hall–Kier alpha value is -2.80. The molecule has 178 valence electrons. The minimum Gasteiger partial charge on any atom is -0.497 e. The molecule has 0 aliphatic heterocycles. The average Bonchev–Trinajstić information content (AvgIpc) is 2.75. The van der Waals surface area contributed by atoms with Gasteiger partial charge in [-0.2, -0.15) is 4.98 Å². The lowest BCUT2D eigenvalue weighted by Gasteiger charge is -2.18. The number of nitrogens with one attached hydrogen (secondary N) is 3. The first kappa shape index (κ1) is 27.2. The molecule has 0 fully saturated rings. The quantitative estimate of drug-likeness (QED) is 0.205. The summed E-state index contributed by atoms with van der Waals surface area (Å²) in [6.07, 6.45) is 12.6. The molecule has 0 aromatic carbocycles. The molecule has 3 N–H and O–H groups in total. The molecule has 1 aromatic heterocycles. The van der Waals surface area contributed by atoms with Gasteiger partial charge in [-0.3, -0.25) is 4.98 Å². The lowest BCUT2D eigenvalue weighted by atomic mass is 10.0. The molecule has 0 aliphatic carbocycles. The number of anilines is 1. The number of methoxy groups -OCH3 is 1. The summed E-state index contributed by atoms with van der Waals surface area (Å²) in [6.45, 7) is 13.0. The number of rotatable bonds is 14. The molecule has 32 heavy (non-hydrogen) atoms. The molecule has 7 heteroatoms. The van der Waals surface area contributed by atoms with E-state index < -0.39 is 0 Å². The maximum Gasteiger partial charge on any atom is 0.234 e. The summed E-state index contributed by atoms with van der Waals surface area (Å²) in [5.41, 5.74) is 10.9. The highest BCUT2D eigenvalue weighted by Gasteiger charge is 2.10. The Balaban J connectivity index is 3.18. The van der Waals surface area contributed by atoms with E-state index in [1.165, 1.54) is 5.57 Å². The molecule has 0 radical (unpaired) electrons. The third-order valence-corrected chi connectivity index (χ3v) is 4.61. The summed E-state index contributed by atoms with van der Waals surface area (Å²) in [5.74, 6) is 2.06. The molecule has 1 aromatic rings. The Morgan fingerprint density at radius 2 is 1.88 bits per heavy atom. The van der Waals surface area contributed by atoms with E-state index in [1.54, 1.807) is 19.5 Å². The van der Waals surface area contributed by atoms with Gasteiger partial charge in [0, 0.05) is 13.6 Å². The van der Waals surface area contributed by atoms with E-state index in [0.717, 1.165) is 41.9 Å². The van der Waals surface area contributed by atoms with E-state index in [-0.39, 0.29) is 6.10 Å². The van der Waals surface area contributed by atoms with Crippen molar-refractivity contribution in [1.82, 2.24) is 20.8 Å². The second kappa shape index (κ2) is 15.1. The topological polar surface area (TPSA) is 80.3 Å². The second-order valence-electron chi connectivity index (χ2n) is 7.75. The van der Waals surface area contributed by atoms with Gasteiger partial charge < -0.3 is 20.2 Å². The number of hydrazine groups is 1. The summed E-state index contributed by atoms with van der Waals surface area (Å²) >= 11 is 0. The lowest BCUT2D eigenvalue weighted by molar-refractivity contribution is 0.232. The molecule has 0 aliphatic rings. The highest BCUT2D eigenvalue weighted by Crippen LogP contribution is 2.19. The molecule has 0 unspecified atom stereocenters. The Kier molecular flexibility index (Phi) is 12.8. The maximum atomic E-state index is 5.66. The maximum absolute atomic E-state index is 5.66. The molecule has 0 spiro atoms. The summed E-state index contributed by atoms with van der Waals surface area (Å²) < 4.78 is 11.2. The third kappa shape index (κ3) is 9.56. The summed E-state index contributed by atoms with van der Waals surface area (Å²) in [6, 6.07) is 0. The highest BCUT2D eigenvalue weighted by atomic mass is 16.5. The first-order valence-corrected chi connectivity index (χ1v) is 11.3. The average molecular weight is 444 g/mol. The van der Waals surface area contributed by atoms with E-state index in [9.17, 15) is 0 Å². The van der Waals surface area contributed by atoms with Gasteiger partial charge in [0.05, 0.1) is 31.3 Å². The highest BCUT2D eigenvalue weighted by molar-refractivity contribution is 5.41. The number of hydrogen-bond acceptors (Lipinski definition) is 7. The molecule has 0 saturated heterocycles. The minimum atomic E-state index is 0.0511. The predicted octanol–water partition coefficient (Wildman–Crippen LogP) is 5.29. The van der Waals surface area contributed by atoms with E-state index in [2.05, 4.69) is 66.0 Å². The van der Waals surface area contributed by atoms with Gasteiger partial charge in [0.2, 0.25) is 5.88 Å². The van der Waals surface area contributed by atoms with Gasteiger partial charge in [-0.05, 0) is 63.3 Å². The van der Waals surface area contributed by atoms with Crippen LogP contribution in [-0.4, -0.2) is 36.8 Å². The van der Waals surface area contributed by atoms with Crippen LogP contribution in [0.4, 0.5) is 5.82 Å². The van der Waals surface area contributed by atoms with Crippen LogP contribution in [0.25, 0.3) is 0 Å². The van der Waals surface area contributed by atoms with Crippen molar-refractivity contribution >= 4 is 5.82 Å². The Bertz CT molecular complexity index is 825. The number of ether oxygens (including phenoxy) is 2. The molecule has 0 bridgehead atoms. The smallest absolute Gasteiger partial charge is 0.234 e. The van der Waals surface area contributed by atoms with Crippen LogP contribution in [0.3, 0.4) is 0 Å². The van der Waals surface area contributed by atoms with Gasteiger partial charge in [0.15, 0.2) is 0 Å². The SMILES string of the molecule is CC/C=C(C)/C(=C\C=C(C)\C(NNC)=C(\CCC)CNc1cncc(OC(C)C)n1)OC. The van der Waals surface area contributed by atoms with Crippen molar-refractivity contribution in [3.05, 3.63) is 58.8 Å². The molecule has 7 nitrogen and oxygen atoms in total. The lowest BCUT2D eigenvalue weighted by Crippen LogP contribution is -2.29. The standard InChI is InChI=1S/C25H41N5O2/c1-9-11-19(5)22(31-8)14-13-20(6)25(30-26-7)21(12-10-2)15-28-23-16-27-17-24(29-23)32-18(3)4/h11,13-14,16-18,26,30H,9-10,12,15H2,1-8H3,(H,28,29)/b19-11+,20-13+,22-14+,25-21+. The van der Waals surface area contributed by atoms with Crippen LogP contribution >= 0.6 is 0 Å². The Morgan fingerprint density at radius 3 is 2.47 bits per heavy atom. The number of nitrogens with zero attached hydrogens (tertiary/aromatic N) is 2. The van der Waals surface area contributed by atoms with Crippen LogP contribution in [0.5, 0.6) is 5.88 Å². The van der Waals surface area contributed by atoms with E-state index >= 15 is 0 Å². The molecule has 0 saturated carbocycles. The molecule has 1 heterocycles. The normalized spacial score (nSPS) is 13.7. The van der Waals surface area contributed by atoms with E-state index in [1.807, 2.05) is 27.0 Å². The van der Waals surface area contributed by atoms with Crippen LogP contribution < -0.4 is 20.9 Å². The molecular weight excluding hydrogens is 402 g/mol. The summed E-state index contributed by atoms with van der Waals surface area (Å²) in [7, 11) is 3.57. The van der Waals surface area contributed by atoms with Gasteiger partial charge in [0.25, 0.3) is 0 Å². The van der Waals surface area contributed by atoms with Crippen molar-refractivity contribution in [1.29, 1.82) is 0 Å². The van der Waals surface area contributed by atoms with Gasteiger partial charge in [-0.1, -0.05) is 32.4 Å².